The molecule has 0 heterocycles. The number of aliphatic hydroxyl groups is 1. The molecular weight excluding hydrogens is 441 g/mol. The van der Waals surface area contributed by atoms with Gasteiger partial charge in [0.25, 0.3) is 0 Å². The Morgan fingerprint density at radius 2 is 1.90 bits per heavy atom. The summed E-state index contributed by atoms with van der Waals surface area (Å²) in [6.45, 7) is 1.95. The van der Waals surface area contributed by atoms with E-state index in [2.05, 4.69) is 10.6 Å². The quantitative estimate of drug-likeness (QED) is 0.489. The van der Waals surface area contributed by atoms with Gasteiger partial charge >= 0.3 is 5.51 Å². The molecule has 0 bridgehead atoms. The Labute approximate surface area is 182 Å². The highest BCUT2D eigenvalue weighted by molar-refractivity contribution is 8.00. The van der Waals surface area contributed by atoms with Crippen molar-refractivity contribution >= 4 is 29.3 Å². The van der Waals surface area contributed by atoms with Crippen LogP contribution in [0.4, 0.5) is 13.2 Å². The van der Waals surface area contributed by atoms with Crippen molar-refractivity contribution in [1.29, 1.82) is 0 Å². The molecule has 5 nitrogen and oxygen atoms in total. The summed E-state index contributed by atoms with van der Waals surface area (Å²) in [6, 6.07) is 10.2. The second-order valence-electron chi connectivity index (χ2n) is 6.45. The fourth-order valence-electron chi connectivity index (χ4n) is 2.57. The summed E-state index contributed by atoms with van der Waals surface area (Å²) in [4.78, 5) is 11.9. The van der Waals surface area contributed by atoms with E-state index in [1.165, 1.54) is 26.1 Å². The number of aliphatic hydroxyl groups excluding tert-OH is 1. The number of carbonyl (C=O) groups excluding carboxylic acids is 1. The number of nitrogens with one attached hydrogen (secondary N) is 2. The average Bonchev–Trinajstić information content (AvgIpc) is 2.67. The molecule has 2 aromatic carbocycles. The normalized spacial score (nSPS) is 13.6. The van der Waals surface area contributed by atoms with Crippen LogP contribution < -0.4 is 15.4 Å². The molecular formula is C20H22ClF3N2O3S. The molecule has 10 heteroatoms. The lowest BCUT2D eigenvalue weighted by atomic mass is 10.1. The fraction of sp³-hybridized carbons (Fsp3) is 0.350. The van der Waals surface area contributed by atoms with Crippen molar-refractivity contribution in [3.05, 3.63) is 58.6 Å². The predicted octanol–water partition coefficient (Wildman–Crippen LogP) is 4.12. The van der Waals surface area contributed by atoms with E-state index in [0.29, 0.717) is 21.9 Å². The summed E-state index contributed by atoms with van der Waals surface area (Å²) >= 11 is 6.11. The first-order chi connectivity index (χ1) is 14.1. The topological polar surface area (TPSA) is 70.6 Å². The van der Waals surface area contributed by atoms with Crippen LogP contribution in [0.2, 0.25) is 5.02 Å². The van der Waals surface area contributed by atoms with Crippen LogP contribution in [0.1, 0.15) is 18.1 Å². The van der Waals surface area contributed by atoms with Crippen LogP contribution in [-0.2, 0) is 17.9 Å². The molecule has 0 fully saturated rings. The zero-order valence-corrected chi connectivity index (χ0v) is 17.9. The van der Waals surface area contributed by atoms with Gasteiger partial charge in [-0.3, -0.25) is 10.1 Å². The lowest BCUT2D eigenvalue weighted by molar-refractivity contribution is -0.125. The lowest BCUT2D eigenvalue weighted by Gasteiger charge is -2.20. The second kappa shape index (κ2) is 10.9. The third-order valence-electron chi connectivity index (χ3n) is 4.11. The van der Waals surface area contributed by atoms with Crippen LogP contribution in [0.25, 0.3) is 0 Å². The third kappa shape index (κ3) is 7.71. The van der Waals surface area contributed by atoms with Gasteiger partial charge in [-0.1, -0.05) is 29.8 Å². The minimum atomic E-state index is -4.32. The van der Waals surface area contributed by atoms with Crippen LogP contribution in [0, 0.1) is 0 Å². The summed E-state index contributed by atoms with van der Waals surface area (Å²) in [6.07, 6.45) is -0.882. The van der Waals surface area contributed by atoms with Crippen molar-refractivity contribution in [3.8, 4) is 5.75 Å². The predicted molar refractivity (Wildman–Crippen MR) is 111 cm³/mol. The van der Waals surface area contributed by atoms with Gasteiger partial charge in [0.1, 0.15) is 18.4 Å². The van der Waals surface area contributed by atoms with Gasteiger partial charge in [0.15, 0.2) is 0 Å². The number of amides is 1. The van der Waals surface area contributed by atoms with E-state index in [0.717, 1.165) is 0 Å². The van der Waals surface area contributed by atoms with Crippen molar-refractivity contribution in [2.45, 2.75) is 42.6 Å². The van der Waals surface area contributed by atoms with Gasteiger partial charge in [0.2, 0.25) is 5.91 Å². The molecule has 2 rings (SSSR count). The van der Waals surface area contributed by atoms with Gasteiger partial charge in [-0.05, 0) is 54.1 Å². The van der Waals surface area contributed by atoms with E-state index in [9.17, 15) is 23.1 Å². The third-order valence-corrected chi connectivity index (χ3v) is 5.20. The molecule has 1 amide bonds. The molecule has 0 saturated heterocycles. The SMILES string of the molecule is CNC(=O)C(NCc1ccc(OCc2ccc(SC(F)(F)F)cc2)cc1Cl)C(C)O. The number of ether oxygens (including phenoxy) is 1. The van der Waals surface area contributed by atoms with Crippen LogP contribution in [0.3, 0.4) is 0 Å². The summed E-state index contributed by atoms with van der Waals surface area (Å²) in [5.74, 6) is 0.164. The number of likely N-dealkylation sites (N-methyl/N-ethyl adjacent to an activating group) is 1. The number of thioether (sulfide) groups is 1. The molecule has 0 aliphatic heterocycles. The van der Waals surface area contributed by atoms with Gasteiger partial charge in [0.05, 0.1) is 6.10 Å². The largest absolute Gasteiger partial charge is 0.489 e. The first kappa shape index (κ1) is 24.3. The van der Waals surface area contributed by atoms with Crippen molar-refractivity contribution in [2.75, 3.05) is 7.05 Å². The van der Waals surface area contributed by atoms with E-state index in [1.807, 2.05) is 0 Å². The number of carbonyl (C=O) groups is 1. The highest BCUT2D eigenvalue weighted by Gasteiger charge is 2.29. The van der Waals surface area contributed by atoms with E-state index < -0.39 is 17.7 Å². The highest BCUT2D eigenvalue weighted by Crippen LogP contribution is 2.36. The van der Waals surface area contributed by atoms with Gasteiger partial charge in [-0.2, -0.15) is 13.2 Å². The van der Waals surface area contributed by atoms with E-state index in [-0.39, 0.29) is 35.7 Å². The van der Waals surface area contributed by atoms with E-state index in [4.69, 9.17) is 16.3 Å². The molecule has 30 heavy (non-hydrogen) atoms. The van der Waals surface area contributed by atoms with Crippen molar-refractivity contribution in [3.63, 3.8) is 0 Å². The van der Waals surface area contributed by atoms with Gasteiger partial charge in [0, 0.05) is 23.5 Å². The maximum Gasteiger partial charge on any atom is 0.446 e. The molecule has 2 atom stereocenters. The van der Waals surface area contributed by atoms with Crippen LogP contribution >= 0.6 is 23.4 Å². The molecule has 0 spiro atoms. The van der Waals surface area contributed by atoms with E-state index >= 15 is 0 Å². The summed E-state index contributed by atoms with van der Waals surface area (Å²) in [5.41, 5.74) is -2.89. The Morgan fingerprint density at radius 1 is 1.23 bits per heavy atom. The van der Waals surface area contributed by atoms with Crippen molar-refractivity contribution in [2.24, 2.45) is 0 Å². The maximum absolute atomic E-state index is 12.4. The average molecular weight is 463 g/mol. The van der Waals surface area contributed by atoms with E-state index in [1.54, 1.807) is 30.3 Å². The second-order valence-corrected chi connectivity index (χ2v) is 7.99. The Morgan fingerprint density at radius 3 is 2.43 bits per heavy atom. The smallest absolute Gasteiger partial charge is 0.446 e. The van der Waals surface area contributed by atoms with Crippen LogP contribution in [0.5, 0.6) is 5.75 Å². The molecule has 2 aromatic rings. The standard InChI is InChI=1S/C20H22ClF3N2O3S/c1-12(27)18(19(28)25-2)26-10-14-5-6-15(9-17(14)21)29-11-13-3-7-16(8-4-13)30-20(22,23)24/h3-9,12,18,26-27H,10-11H2,1-2H3,(H,25,28). The molecule has 0 radical (unpaired) electrons. The molecule has 3 N–H and O–H groups in total. The zero-order valence-electron chi connectivity index (χ0n) is 16.3. The summed E-state index contributed by atoms with van der Waals surface area (Å²) in [7, 11) is 1.49. The van der Waals surface area contributed by atoms with Gasteiger partial charge in [-0.25, -0.2) is 0 Å². The van der Waals surface area contributed by atoms with Gasteiger partial charge in [-0.15, -0.1) is 0 Å². The number of halogens is 4. The van der Waals surface area contributed by atoms with Gasteiger partial charge < -0.3 is 15.2 Å². The number of hydrogen-bond acceptors (Lipinski definition) is 5. The number of alkyl halides is 3. The first-order valence-electron chi connectivity index (χ1n) is 8.98. The molecule has 0 aromatic heterocycles. The minimum Gasteiger partial charge on any atom is -0.489 e. The Kier molecular flexibility index (Phi) is 8.84. The first-order valence-corrected chi connectivity index (χ1v) is 10.2. The van der Waals surface area contributed by atoms with Crippen molar-refractivity contribution < 1.29 is 27.8 Å². The summed E-state index contributed by atoms with van der Waals surface area (Å²) in [5, 5.41) is 15.6. The fourth-order valence-corrected chi connectivity index (χ4v) is 3.35. The minimum absolute atomic E-state index is 0.110. The maximum atomic E-state index is 12.4. The van der Waals surface area contributed by atoms with Crippen LogP contribution in [0.15, 0.2) is 47.4 Å². The molecule has 2 unspecified atom stereocenters. The Hall–Kier alpha value is -1.94. The number of rotatable bonds is 9. The van der Waals surface area contributed by atoms with Crippen molar-refractivity contribution in [1.82, 2.24) is 10.6 Å². The number of benzene rings is 2. The lowest BCUT2D eigenvalue weighted by Crippen LogP contribution is -2.49. The zero-order chi connectivity index (χ0) is 22.3. The van der Waals surface area contributed by atoms with Crippen LogP contribution in [-0.4, -0.2) is 35.7 Å². The number of hydrogen-bond donors (Lipinski definition) is 3. The highest BCUT2D eigenvalue weighted by atomic mass is 35.5. The molecule has 0 aliphatic carbocycles. The Bertz CT molecular complexity index is 848. The summed E-state index contributed by atoms with van der Waals surface area (Å²) < 4.78 is 42.8. The molecule has 164 valence electrons. The Balaban J connectivity index is 1.93. The monoisotopic (exact) mass is 462 g/mol. The molecule has 0 aliphatic rings. The molecule has 0 saturated carbocycles.